The van der Waals surface area contributed by atoms with E-state index in [1.165, 1.54) is 0 Å². The lowest BCUT2D eigenvalue weighted by atomic mass is 10.3. The third kappa shape index (κ3) is 2.07. The molecule has 5 heteroatoms. The summed E-state index contributed by atoms with van der Waals surface area (Å²) in [5.41, 5.74) is 6.56. The summed E-state index contributed by atoms with van der Waals surface area (Å²) in [6.45, 7) is 2.00. The Morgan fingerprint density at radius 1 is 1.36 bits per heavy atom. The highest BCUT2D eigenvalue weighted by Gasteiger charge is 2.14. The summed E-state index contributed by atoms with van der Waals surface area (Å²) in [6.07, 6.45) is 0. The molecule has 2 heterocycles. The van der Waals surface area contributed by atoms with Gasteiger partial charge in [-0.25, -0.2) is 4.98 Å². The Bertz CT molecular complexity index is 326. The highest BCUT2D eigenvalue weighted by molar-refractivity contribution is 7.99. The van der Waals surface area contributed by atoms with Gasteiger partial charge in [-0.1, -0.05) is 11.6 Å². The molecule has 14 heavy (non-hydrogen) atoms. The fourth-order valence-corrected chi connectivity index (χ4v) is 2.51. The van der Waals surface area contributed by atoms with Crippen LogP contribution >= 0.6 is 23.4 Å². The van der Waals surface area contributed by atoms with Gasteiger partial charge in [0, 0.05) is 24.6 Å². The van der Waals surface area contributed by atoms with Crippen LogP contribution < -0.4 is 10.6 Å². The molecule has 1 fully saturated rings. The number of anilines is 2. The number of aromatic nitrogens is 1. The molecule has 1 aliphatic heterocycles. The van der Waals surface area contributed by atoms with Crippen LogP contribution in [0, 0.1) is 0 Å². The second-order valence-electron chi connectivity index (χ2n) is 3.15. The molecule has 0 amide bonds. The maximum atomic E-state index is 5.85. The molecular formula is C9H12ClN3S. The fraction of sp³-hybridized carbons (Fsp3) is 0.444. The van der Waals surface area contributed by atoms with E-state index in [1.807, 2.05) is 17.8 Å². The summed E-state index contributed by atoms with van der Waals surface area (Å²) in [6, 6.07) is 3.53. The van der Waals surface area contributed by atoms with Crippen LogP contribution in [0.2, 0.25) is 5.15 Å². The Morgan fingerprint density at radius 3 is 2.79 bits per heavy atom. The lowest BCUT2D eigenvalue weighted by Crippen LogP contribution is -2.33. The van der Waals surface area contributed by atoms with Gasteiger partial charge in [0.05, 0.1) is 5.69 Å². The van der Waals surface area contributed by atoms with Crippen molar-refractivity contribution in [2.45, 2.75) is 0 Å². The zero-order valence-electron chi connectivity index (χ0n) is 7.74. The highest BCUT2D eigenvalue weighted by atomic mass is 35.5. The molecule has 0 aromatic carbocycles. The van der Waals surface area contributed by atoms with Gasteiger partial charge in [0.1, 0.15) is 5.15 Å². The van der Waals surface area contributed by atoms with Crippen LogP contribution in [-0.4, -0.2) is 29.6 Å². The van der Waals surface area contributed by atoms with E-state index in [9.17, 15) is 0 Å². The molecule has 1 aliphatic rings. The van der Waals surface area contributed by atoms with E-state index in [-0.39, 0.29) is 0 Å². The molecule has 1 aromatic rings. The first-order chi connectivity index (χ1) is 6.77. The first kappa shape index (κ1) is 9.93. The van der Waals surface area contributed by atoms with Gasteiger partial charge in [0.2, 0.25) is 0 Å². The first-order valence-corrected chi connectivity index (χ1v) is 6.05. The lowest BCUT2D eigenvalue weighted by molar-refractivity contribution is 0.841. The number of nitrogens with two attached hydrogens (primary N) is 1. The Morgan fingerprint density at radius 2 is 2.07 bits per heavy atom. The van der Waals surface area contributed by atoms with Crippen molar-refractivity contribution < 1.29 is 0 Å². The van der Waals surface area contributed by atoms with Crippen LogP contribution in [0.15, 0.2) is 12.1 Å². The normalized spacial score (nSPS) is 17.1. The second kappa shape index (κ2) is 4.28. The molecule has 3 nitrogen and oxygen atoms in total. The molecule has 0 aliphatic carbocycles. The monoisotopic (exact) mass is 229 g/mol. The Balaban J connectivity index is 2.24. The molecule has 0 unspecified atom stereocenters. The summed E-state index contributed by atoms with van der Waals surface area (Å²) in [5.74, 6) is 3.10. The van der Waals surface area contributed by atoms with Crippen LogP contribution in [0.1, 0.15) is 0 Å². The Labute approximate surface area is 92.6 Å². The largest absolute Gasteiger partial charge is 0.396 e. The van der Waals surface area contributed by atoms with Crippen molar-refractivity contribution in [3.63, 3.8) is 0 Å². The minimum atomic E-state index is 0.507. The predicted octanol–water partition coefficient (Wildman–Crippen LogP) is 1.87. The van der Waals surface area contributed by atoms with Crippen LogP contribution in [0.5, 0.6) is 0 Å². The van der Waals surface area contributed by atoms with E-state index in [2.05, 4.69) is 9.88 Å². The summed E-state index contributed by atoms with van der Waals surface area (Å²) >= 11 is 7.80. The van der Waals surface area contributed by atoms with Crippen molar-refractivity contribution in [3.8, 4) is 0 Å². The van der Waals surface area contributed by atoms with Gasteiger partial charge >= 0.3 is 0 Å². The highest BCUT2D eigenvalue weighted by Crippen LogP contribution is 2.25. The molecule has 76 valence electrons. The predicted molar refractivity (Wildman–Crippen MR) is 63.2 cm³/mol. The topological polar surface area (TPSA) is 42.1 Å². The second-order valence-corrected chi connectivity index (χ2v) is 4.76. The number of nitrogens with zero attached hydrogens (tertiary/aromatic N) is 2. The Kier molecular flexibility index (Phi) is 3.03. The van der Waals surface area contributed by atoms with E-state index < -0.39 is 0 Å². The van der Waals surface area contributed by atoms with Crippen molar-refractivity contribution in [1.29, 1.82) is 0 Å². The van der Waals surface area contributed by atoms with Gasteiger partial charge in [-0.3, -0.25) is 0 Å². The minimum Gasteiger partial charge on any atom is -0.396 e. The zero-order chi connectivity index (χ0) is 9.97. The van der Waals surface area contributed by atoms with Gasteiger partial charge in [-0.05, 0) is 12.1 Å². The van der Waals surface area contributed by atoms with Gasteiger partial charge in [-0.15, -0.1) is 0 Å². The van der Waals surface area contributed by atoms with Gasteiger partial charge in [0.15, 0.2) is 5.82 Å². The number of hydrogen-bond acceptors (Lipinski definition) is 4. The summed E-state index contributed by atoms with van der Waals surface area (Å²) in [4.78, 5) is 6.45. The van der Waals surface area contributed by atoms with Crippen LogP contribution in [-0.2, 0) is 0 Å². The number of halogens is 1. The molecule has 0 bridgehead atoms. The molecule has 0 saturated carbocycles. The molecule has 0 radical (unpaired) electrons. The number of nitrogen functional groups attached to an aromatic ring is 1. The van der Waals surface area contributed by atoms with Gasteiger partial charge in [0.25, 0.3) is 0 Å². The van der Waals surface area contributed by atoms with Crippen LogP contribution in [0.25, 0.3) is 0 Å². The van der Waals surface area contributed by atoms with E-state index >= 15 is 0 Å². The SMILES string of the molecule is Nc1ccc(Cl)nc1N1CCSCC1. The zero-order valence-corrected chi connectivity index (χ0v) is 9.31. The smallest absolute Gasteiger partial charge is 0.153 e. The number of pyridine rings is 1. The van der Waals surface area contributed by atoms with Crippen molar-refractivity contribution in [1.82, 2.24) is 4.98 Å². The van der Waals surface area contributed by atoms with Crippen LogP contribution in [0.4, 0.5) is 11.5 Å². The molecular weight excluding hydrogens is 218 g/mol. The maximum Gasteiger partial charge on any atom is 0.153 e. The minimum absolute atomic E-state index is 0.507. The Hall–Kier alpha value is -0.610. The average molecular weight is 230 g/mol. The summed E-state index contributed by atoms with van der Waals surface area (Å²) in [7, 11) is 0. The summed E-state index contributed by atoms with van der Waals surface area (Å²) < 4.78 is 0. The molecule has 1 aromatic heterocycles. The molecule has 0 atom stereocenters. The maximum absolute atomic E-state index is 5.85. The van der Waals surface area contributed by atoms with Crippen molar-refractivity contribution in [3.05, 3.63) is 17.3 Å². The van der Waals surface area contributed by atoms with Crippen molar-refractivity contribution >= 4 is 34.9 Å². The third-order valence-electron chi connectivity index (χ3n) is 2.18. The van der Waals surface area contributed by atoms with E-state index in [0.717, 1.165) is 30.4 Å². The van der Waals surface area contributed by atoms with E-state index in [0.29, 0.717) is 10.8 Å². The molecule has 0 spiro atoms. The van der Waals surface area contributed by atoms with E-state index in [1.54, 1.807) is 6.07 Å². The van der Waals surface area contributed by atoms with Crippen LogP contribution in [0.3, 0.4) is 0 Å². The lowest BCUT2D eigenvalue weighted by Gasteiger charge is -2.28. The quantitative estimate of drug-likeness (QED) is 0.747. The van der Waals surface area contributed by atoms with Crippen molar-refractivity contribution in [2.24, 2.45) is 0 Å². The molecule has 1 saturated heterocycles. The van der Waals surface area contributed by atoms with Gasteiger partial charge in [-0.2, -0.15) is 11.8 Å². The average Bonchev–Trinajstić information content (AvgIpc) is 2.23. The summed E-state index contributed by atoms with van der Waals surface area (Å²) in [5, 5.41) is 0.507. The standard InChI is InChI=1S/C9H12ClN3S/c10-8-2-1-7(11)9(12-8)13-3-5-14-6-4-13/h1-2H,3-6,11H2. The fourth-order valence-electron chi connectivity index (χ4n) is 1.46. The number of hydrogen-bond donors (Lipinski definition) is 1. The molecule has 2 N–H and O–H groups in total. The third-order valence-corrected chi connectivity index (χ3v) is 3.33. The number of thioether (sulfide) groups is 1. The van der Waals surface area contributed by atoms with Crippen molar-refractivity contribution in [2.75, 3.05) is 35.2 Å². The molecule has 2 rings (SSSR count). The number of rotatable bonds is 1. The first-order valence-electron chi connectivity index (χ1n) is 4.52. The van der Waals surface area contributed by atoms with Gasteiger partial charge < -0.3 is 10.6 Å². The van der Waals surface area contributed by atoms with E-state index in [4.69, 9.17) is 17.3 Å².